The fraction of sp³-hybridized carbons (Fsp3) is 0.353. The van der Waals surface area contributed by atoms with Crippen LogP contribution in [0.15, 0.2) is 35.9 Å². The first-order chi connectivity index (χ1) is 9.38. The third-order valence-electron chi connectivity index (χ3n) is 3.60. The Labute approximate surface area is 125 Å². The number of allylic oxidation sites excluding steroid dienone is 3. The van der Waals surface area contributed by atoms with Crippen LogP contribution in [0.4, 0.5) is 0 Å². The van der Waals surface area contributed by atoms with Crippen LogP contribution in [0, 0.1) is 5.92 Å². The van der Waals surface area contributed by atoms with Crippen molar-refractivity contribution in [2.24, 2.45) is 11.7 Å². The second-order valence-corrected chi connectivity index (χ2v) is 6.16. The summed E-state index contributed by atoms with van der Waals surface area (Å²) in [5.74, 6) is 0.359. The van der Waals surface area contributed by atoms with Gasteiger partial charge < -0.3 is 5.73 Å². The lowest BCUT2D eigenvalue weighted by atomic mass is 9.85. The summed E-state index contributed by atoms with van der Waals surface area (Å²) in [7, 11) is 0. The fourth-order valence-electron chi connectivity index (χ4n) is 2.63. The highest BCUT2D eigenvalue weighted by molar-refractivity contribution is 6.30. The van der Waals surface area contributed by atoms with Crippen LogP contribution in [0.2, 0.25) is 5.02 Å². The second kappa shape index (κ2) is 5.84. The van der Waals surface area contributed by atoms with E-state index in [2.05, 4.69) is 32.9 Å². The van der Waals surface area contributed by atoms with Gasteiger partial charge in [0.15, 0.2) is 0 Å². The zero-order valence-corrected chi connectivity index (χ0v) is 12.9. The molecule has 1 aromatic carbocycles. The molecule has 2 nitrogen and oxygen atoms in total. The number of nitrogens with two attached hydrogens (primary N) is 1. The van der Waals surface area contributed by atoms with Crippen molar-refractivity contribution < 1.29 is 4.79 Å². The Kier molecular flexibility index (Phi) is 4.34. The molecule has 0 aromatic heterocycles. The van der Waals surface area contributed by atoms with Gasteiger partial charge in [-0.2, -0.15) is 0 Å². The van der Waals surface area contributed by atoms with Gasteiger partial charge in [0, 0.05) is 10.6 Å². The molecular formula is C17H20ClNO. The van der Waals surface area contributed by atoms with E-state index in [1.807, 2.05) is 18.2 Å². The summed E-state index contributed by atoms with van der Waals surface area (Å²) < 4.78 is 0. The van der Waals surface area contributed by atoms with Crippen LogP contribution >= 0.6 is 11.6 Å². The van der Waals surface area contributed by atoms with Gasteiger partial charge in [0.1, 0.15) is 0 Å². The summed E-state index contributed by atoms with van der Waals surface area (Å²) in [5, 5.41) is 0.706. The van der Waals surface area contributed by atoms with E-state index < -0.39 is 0 Å². The first kappa shape index (κ1) is 14.9. The number of amides is 1. The van der Waals surface area contributed by atoms with Gasteiger partial charge in [-0.3, -0.25) is 4.79 Å². The topological polar surface area (TPSA) is 43.1 Å². The largest absolute Gasteiger partial charge is 0.366 e. The number of halogens is 1. The lowest BCUT2D eigenvalue weighted by Gasteiger charge is -2.20. The molecule has 0 saturated carbocycles. The Hall–Kier alpha value is -1.54. The minimum Gasteiger partial charge on any atom is -0.366 e. The molecule has 1 aliphatic carbocycles. The Morgan fingerprint density at radius 2 is 2.10 bits per heavy atom. The van der Waals surface area contributed by atoms with Gasteiger partial charge in [0.05, 0.1) is 0 Å². The normalized spacial score (nSPS) is 18.8. The third kappa shape index (κ3) is 3.13. The molecule has 0 radical (unpaired) electrons. The van der Waals surface area contributed by atoms with E-state index in [9.17, 15) is 4.79 Å². The highest BCUT2D eigenvalue weighted by atomic mass is 35.5. The molecule has 0 bridgehead atoms. The van der Waals surface area contributed by atoms with E-state index in [1.54, 1.807) is 0 Å². The maximum Gasteiger partial charge on any atom is 0.244 e. The van der Waals surface area contributed by atoms with Crippen molar-refractivity contribution in [2.75, 3.05) is 0 Å². The average molecular weight is 290 g/mol. The molecule has 0 saturated heterocycles. The predicted octanol–water partition coefficient (Wildman–Crippen LogP) is 4.30. The minimum absolute atomic E-state index is 0.302. The average Bonchev–Trinajstić information content (AvgIpc) is 2.37. The van der Waals surface area contributed by atoms with E-state index in [-0.39, 0.29) is 5.91 Å². The molecule has 2 N–H and O–H groups in total. The van der Waals surface area contributed by atoms with Crippen molar-refractivity contribution in [1.29, 1.82) is 0 Å². The Morgan fingerprint density at radius 1 is 1.40 bits per heavy atom. The van der Waals surface area contributed by atoms with E-state index in [1.165, 1.54) is 5.56 Å². The number of hydrogen-bond donors (Lipinski definition) is 1. The van der Waals surface area contributed by atoms with Gasteiger partial charge in [0.25, 0.3) is 0 Å². The summed E-state index contributed by atoms with van der Waals surface area (Å²) in [6, 6.07) is 5.93. The first-order valence-electron chi connectivity index (χ1n) is 6.90. The maximum atomic E-state index is 11.5. The molecule has 3 heteroatoms. The summed E-state index contributed by atoms with van der Waals surface area (Å²) >= 11 is 6.14. The molecule has 106 valence electrons. The molecule has 0 spiro atoms. The summed E-state index contributed by atoms with van der Waals surface area (Å²) in [5.41, 5.74) is 9.49. The van der Waals surface area contributed by atoms with Crippen LogP contribution in [0.3, 0.4) is 0 Å². The molecule has 0 aliphatic heterocycles. The molecule has 1 amide bonds. The van der Waals surface area contributed by atoms with E-state index in [0.29, 0.717) is 28.9 Å². The second-order valence-electron chi connectivity index (χ2n) is 5.72. The van der Waals surface area contributed by atoms with Crippen LogP contribution in [0.1, 0.15) is 44.2 Å². The van der Waals surface area contributed by atoms with E-state index in [4.69, 9.17) is 17.3 Å². The molecule has 20 heavy (non-hydrogen) atoms. The monoisotopic (exact) mass is 289 g/mol. The van der Waals surface area contributed by atoms with Crippen LogP contribution in [0.25, 0.3) is 5.57 Å². The zero-order chi connectivity index (χ0) is 14.9. The molecular weight excluding hydrogens is 270 g/mol. The number of rotatable bonds is 3. The number of carbonyl (C=O) groups is 1. The van der Waals surface area contributed by atoms with Gasteiger partial charge in [-0.1, -0.05) is 44.5 Å². The number of carbonyl (C=O) groups excluding carboxylic acids is 1. The quantitative estimate of drug-likeness (QED) is 0.886. The summed E-state index contributed by atoms with van der Waals surface area (Å²) in [6.07, 6.45) is 4.79. The highest BCUT2D eigenvalue weighted by Gasteiger charge is 2.18. The Balaban J connectivity index is 2.55. The lowest BCUT2D eigenvalue weighted by molar-refractivity contribution is -0.114. The van der Waals surface area contributed by atoms with Crippen molar-refractivity contribution in [2.45, 2.75) is 33.1 Å². The van der Waals surface area contributed by atoms with Crippen molar-refractivity contribution in [3.05, 3.63) is 52.1 Å². The van der Waals surface area contributed by atoms with E-state index >= 15 is 0 Å². The summed E-state index contributed by atoms with van der Waals surface area (Å²) in [4.78, 5) is 11.5. The third-order valence-corrected chi connectivity index (χ3v) is 3.84. The molecule has 1 atom stereocenters. The standard InChI is InChI=1S/C17H20ClNO/c1-10(2)15-5-4-14(18)9-16(15)12-6-11(3)7-13(8-12)17(19)20/h4-6,8-11H,7H2,1-3H3,(H2,19,20). The van der Waals surface area contributed by atoms with Crippen LogP contribution in [0.5, 0.6) is 0 Å². The van der Waals surface area contributed by atoms with Crippen molar-refractivity contribution >= 4 is 23.1 Å². The molecule has 0 heterocycles. The maximum absolute atomic E-state index is 11.5. The van der Waals surface area contributed by atoms with Gasteiger partial charge in [-0.15, -0.1) is 0 Å². The molecule has 0 fully saturated rings. The SMILES string of the molecule is CC1C=C(c2cc(Cl)ccc2C(C)C)C=C(C(N)=O)C1. The van der Waals surface area contributed by atoms with Gasteiger partial charge >= 0.3 is 0 Å². The molecule has 1 unspecified atom stereocenters. The molecule has 1 aliphatic rings. The van der Waals surface area contributed by atoms with Gasteiger partial charge in [-0.25, -0.2) is 0 Å². The van der Waals surface area contributed by atoms with Gasteiger partial charge in [-0.05, 0) is 53.2 Å². The van der Waals surface area contributed by atoms with Gasteiger partial charge in [0.2, 0.25) is 5.91 Å². The molecule has 2 rings (SSSR count). The minimum atomic E-state index is -0.337. The van der Waals surface area contributed by atoms with Crippen LogP contribution in [-0.2, 0) is 4.79 Å². The number of hydrogen-bond acceptors (Lipinski definition) is 1. The Morgan fingerprint density at radius 3 is 2.70 bits per heavy atom. The van der Waals surface area contributed by atoms with Crippen molar-refractivity contribution in [3.63, 3.8) is 0 Å². The number of primary amides is 1. The molecule has 1 aromatic rings. The van der Waals surface area contributed by atoms with Crippen LogP contribution < -0.4 is 5.73 Å². The zero-order valence-electron chi connectivity index (χ0n) is 12.1. The van der Waals surface area contributed by atoms with Crippen molar-refractivity contribution in [3.8, 4) is 0 Å². The Bertz CT molecular complexity index is 599. The first-order valence-corrected chi connectivity index (χ1v) is 7.28. The summed E-state index contributed by atoms with van der Waals surface area (Å²) in [6.45, 7) is 6.39. The number of benzene rings is 1. The fourth-order valence-corrected chi connectivity index (χ4v) is 2.80. The predicted molar refractivity (Wildman–Crippen MR) is 84.6 cm³/mol. The smallest absolute Gasteiger partial charge is 0.244 e. The highest BCUT2D eigenvalue weighted by Crippen LogP contribution is 2.34. The van der Waals surface area contributed by atoms with E-state index in [0.717, 1.165) is 11.1 Å². The van der Waals surface area contributed by atoms with Crippen LogP contribution in [-0.4, -0.2) is 5.91 Å². The van der Waals surface area contributed by atoms with Crippen molar-refractivity contribution in [1.82, 2.24) is 0 Å². The lowest BCUT2D eigenvalue weighted by Crippen LogP contribution is -2.18.